The third-order valence-electron chi connectivity index (χ3n) is 5.30. The van der Waals surface area contributed by atoms with Crippen molar-refractivity contribution in [2.24, 2.45) is 5.92 Å². The molecular weight excluding hydrogens is 396 g/mol. The number of rotatable bonds is 7. The summed E-state index contributed by atoms with van der Waals surface area (Å²) in [6.07, 6.45) is 1.93. The molecule has 3 rings (SSSR count). The fourth-order valence-electron chi connectivity index (χ4n) is 3.55. The molecule has 1 aliphatic rings. The zero-order chi connectivity index (χ0) is 20.1. The van der Waals surface area contributed by atoms with Crippen LogP contribution in [0.15, 0.2) is 47.4 Å². The Kier molecular flexibility index (Phi) is 6.99. The molecule has 152 valence electrons. The molecule has 1 saturated heterocycles. The number of hydrogen-bond acceptors (Lipinski definition) is 4. The molecule has 1 fully saturated rings. The van der Waals surface area contributed by atoms with Crippen LogP contribution in [-0.4, -0.2) is 40.1 Å². The van der Waals surface area contributed by atoms with Crippen LogP contribution >= 0.6 is 11.6 Å². The number of ether oxygens (including phenoxy) is 1. The Morgan fingerprint density at radius 2 is 1.89 bits per heavy atom. The summed E-state index contributed by atoms with van der Waals surface area (Å²) in [5, 5.41) is 0.798. The predicted molar refractivity (Wildman–Crippen MR) is 112 cm³/mol. The molecule has 0 saturated carbocycles. The number of sulfonamides is 1. The molecule has 5 nitrogen and oxygen atoms in total. The summed E-state index contributed by atoms with van der Waals surface area (Å²) in [6.45, 7) is 5.03. The topological polar surface area (TPSA) is 58.6 Å². The number of nitrogens with one attached hydrogen (secondary N) is 1. The molecule has 1 heterocycles. The van der Waals surface area contributed by atoms with Crippen LogP contribution in [0.4, 0.5) is 0 Å². The van der Waals surface area contributed by atoms with Gasteiger partial charge in [-0.05, 0) is 74.2 Å². The Hall–Kier alpha value is -1.60. The number of hydrogen-bond donors (Lipinski definition) is 1. The number of benzene rings is 2. The molecule has 2 aromatic rings. The third kappa shape index (κ3) is 5.26. The van der Waals surface area contributed by atoms with Crippen LogP contribution in [0.25, 0.3) is 0 Å². The van der Waals surface area contributed by atoms with Crippen LogP contribution < -0.4 is 9.46 Å². The van der Waals surface area contributed by atoms with Crippen molar-refractivity contribution in [3.63, 3.8) is 0 Å². The highest BCUT2D eigenvalue weighted by atomic mass is 35.5. The second-order valence-corrected chi connectivity index (χ2v) is 9.47. The van der Waals surface area contributed by atoms with Gasteiger partial charge in [-0.15, -0.1) is 0 Å². The zero-order valence-corrected chi connectivity index (χ0v) is 17.9. The molecule has 0 bridgehead atoms. The lowest BCUT2D eigenvalue weighted by Gasteiger charge is -2.32. The standard InChI is InChI=1S/C21H27ClN2O3S/c1-16-13-19(7-8-21(16)27-2)28(25,26)23-14-17-9-11-24(12-10-17)15-18-5-3-4-6-20(18)22/h3-8,13,17,23H,9-12,14-15H2,1-2H3. The second-order valence-electron chi connectivity index (χ2n) is 7.29. The number of likely N-dealkylation sites (tertiary alicyclic amines) is 1. The molecule has 0 radical (unpaired) electrons. The number of methoxy groups -OCH3 is 1. The summed E-state index contributed by atoms with van der Waals surface area (Å²) in [5.74, 6) is 1.03. The summed E-state index contributed by atoms with van der Waals surface area (Å²) in [5.41, 5.74) is 1.94. The lowest BCUT2D eigenvalue weighted by molar-refractivity contribution is 0.178. The molecule has 2 aromatic carbocycles. The lowest BCUT2D eigenvalue weighted by atomic mass is 9.97. The maximum atomic E-state index is 12.6. The monoisotopic (exact) mass is 422 g/mol. The summed E-state index contributed by atoms with van der Waals surface area (Å²) in [7, 11) is -1.94. The van der Waals surface area contributed by atoms with Crippen LogP contribution in [0.1, 0.15) is 24.0 Å². The molecule has 0 aromatic heterocycles. The Morgan fingerprint density at radius 3 is 2.54 bits per heavy atom. The van der Waals surface area contributed by atoms with E-state index in [4.69, 9.17) is 16.3 Å². The largest absolute Gasteiger partial charge is 0.496 e. The van der Waals surface area contributed by atoms with E-state index in [2.05, 4.69) is 15.7 Å². The smallest absolute Gasteiger partial charge is 0.240 e. The number of aryl methyl sites for hydroxylation is 1. The molecule has 1 aliphatic heterocycles. The molecule has 0 aliphatic carbocycles. The van der Waals surface area contributed by atoms with Gasteiger partial charge in [0.2, 0.25) is 10.0 Å². The van der Waals surface area contributed by atoms with Crippen molar-refractivity contribution in [2.75, 3.05) is 26.7 Å². The average Bonchev–Trinajstić information content (AvgIpc) is 2.69. The minimum atomic E-state index is -3.51. The lowest BCUT2D eigenvalue weighted by Crippen LogP contribution is -2.38. The van der Waals surface area contributed by atoms with E-state index >= 15 is 0 Å². The highest BCUT2D eigenvalue weighted by Gasteiger charge is 2.22. The minimum absolute atomic E-state index is 0.280. The summed E-state index contributed by atoms with van der Waals surface area (Å²) in [6, 6.07) is 12.8. The van der Waals surface area contributed by atoms with E-state index in [0.717, 1.165) is 48.6 Å². The van der Waals surface area contributed by atoms with E-state index in [1.54, 1.807) is 25.3 Å². The zero-order valence-electron chi connectivity index (χ0n) is 16.3. The predicted octanol–water partition coefficient (Wildman–Crippen LogP) is 3.85. The molecule has 7 heteroatoms. The Morgan fingerprint density at radius 1 is 1.18 bits per heavy atom. The first kappa shape index (κ1) is 21.1. The van der Waals surface area contributed by atoms with E-state index in [0.29, 0.717) is 18.2 Å². The molecule has 0 amide bonds. The van der Waals surface area contributed by atoms with Gasteiger partial charge in [0.25, 0.3) is 0 Å². The number of halogens is 1. The summed E-state index contributed by atoms with van der Waals surface area (Å²) < 4.78 is 33.2. The van der Waals surface area contributed by atoms with Gasteiger partial charge in [-0.1, -0.05) is 29.8 Å². The van der Waals surface area contributed by atoms with Gasteiger partial charge in [0.05, 0.1) is 12.0 Å². The fraction of sp³-hybridized carbons (Fsp3) is 0.429. The van der Waals surface area contributed by atoms with Crippen molar-refractivity contribution in [3.05, 3.63) is 58.6 Å². The molecule has 0 spiro atoms. The first-order valence-electron chi connectivity index (χ1n) is 9.49. The Labute approximate surface area is 172 Å². The van der Waals surface area contributed by atoms with Gasteiger partial charge in [0.1, 0.15) is 5.75 Å². The van der Waals surface area contributed by atoms with Crippen molar-refractivity contribution in [2.45, 2.75) is 31.2 Å². The summed E-state index contributed by atoms with van der Waals surface area (Å²) in [4.78, 5) is 2.65. The van der Waals surface area contributed by atoms with Gasteiger partial charge in [-0.3, -0.25) is 4.90 Å². The van der Waals surface area contributed by atoms with E-state index < -0.39 is 10.0 Å². The van der Waals surface area contributed by atoms with Gasteiger partial charge in [0.15, 0.2) is 0 Å². The van der Waals surface area contributed by atoms with Crippen molar-refractivity contribution in [1.82, 2.24) is 9.62 Å². The van der Waals surface area contributed by atoms with Gasteiger partial charge in [-0.25, -0.2) is 13.1 Å². The Bertz CT molecular complexity index is 910. The molecule has 0 unspecified atom stereocenters. The van der Waals surface area contributed by atoms with Crippen LogP contribution in [0.5, 0.6) is 5.75 Å². The van der Waals surface area contributed by atoms with Crippen LogP contribution in [0.2, 0.25) is 5.02 Å². The highest BCUT2D eigenvalue weighted by Crippen LogP contribution is 2.24. The maximum Gasteiger partial charge on any atom is 0.240 e. The third-order valence-corrected chi connectivity index (χ3v) is 7.09. The molecule has 1 N–H and O–H groups in total. The quantitative estimate of drug-likeness (QED) is 0.736. The van der Waals surface area contributed by atoms with Crippen LogP contribution in [-0.2, 0) is 16.6 Å². The maximum absolute atomic E-state index is 12.6. The van der Waals surface area contributed by atoms with E-state index in [9.17, 15) is 8.42 Å². The van der Waals surface area contributed by atoms with Crippen LogP contribution in [0.3, 0.4) is 0 Å². The van der Waals surface area contributed by atoms with Gasteiger partial charge in [0, 0.05) is 18.1 Å². The minimum Gasteiger partial charge on any atom is -0.496 e. The van der Waals surface area contributed by atoms with Crippen LogP contribution in [0, 0.1) is 12.8 Å². The fourth-order valence-corrected chi connectivity index (χ4v) is 4.94. The van der Waals surface area contributed by atoms with E-state index in [1.165, 1.54) is 0 Å². The average molecular weight is 423 g/mol. The first-order chi connectivity index (χ1) is 13.4. The van der Waals surface area contributed by atoms with Gasteiger partial charge >= 0.3 is 0 Å². The molecular formula is C21H27ClN2O3S. The van der Waals surface area contributed by atoms with E-state index in [-0.39, 0.29) is 4.90 Å². The summed E-state index contributed by atoms with van der Waals surface area (Å²) >= 11 is 6.25. The normalized spacial score (nSPS) is 16.2. The second kappa shape index (κ2) is 9.27. The van der Waals surface area contributed by atoms with Gasteiger partial charge < -0.3 is 4.74 Å². The van der Waals surface area contributed by atoms with Crippen molar-refractivity contribution in [1.29, 1.82) is 0 Å². The SMILES string of the molecule is COc1ccc(S(=O)(=O)NCC2CCN(Cc3ccccc3Cl)CC2)cc1C. The van der Waals surface area contributed by atoms with Crippen molar-refractivity contribution >= 4 is 21.6 Å². The Balaban J connectivity index is 1.51. The molecule has 0 atom stereocenters. The van der Waals surface area contributed by atoms with Crippen molar-refractivity contribution < 1.29 is 13.2 Å². The highest BCUT2D eigenvalue weighted by molar-refractivity contribution is 7.89. The number of piperidine rings is 1. The van der Waals surface area contributed by atoms with Gasteiger partial charge in [-0.2, -0.15) is 0 Å². The molecule has 28 heavy (non-hydrogen) atoms. The van der Waals surface area contributed by atoms with E-state index in [1.807, 2.05) is 25.1 Å². The first-order valence-corrected chi connectivity index (χ1v) is 11.3. The number of nitrogens with zero attached hydrogens (tertiary/aromatic N) is 1. The van der Waals surface area contributed by atoms with Crippen molar-refractivity contribution in [3.8, 4) is 5.75 Å².